The molecule has 0 radical (unpaired) electrons. The van der Waals surface area contributed by atoms with E-state index in [9.17, 15) is 0 Å². The van der Waals surface area contributed by atoms with Crippen LogP contribution in [0.25, 0.3) is 11.0 Å². The number of hydrogen-bond acceptors (Lipinski definition) is 6. The Morgan fingerprint density at radius 1 is 1.19 bits per heavy atom. The van der Waals surface area contributed by atoms with Gasteiger partial charge < -0.3 is 14.5 Å². The summed E-state index contributed by atoms with van der Waals surface area (Å²) in [4.78, 5) is 7.08. The van der Waals surface area contributed by atoms with E-state index in [1.165, 1.54) is 38.8 Å². The van der Waals surface area contributed by atoms with Gasteiger partial charge in [0.25, 0.3) is 0 Å². The van der Waals surface area contributed by atoms with Crippen LogP contribution in [0.4, 0.5) is 5.82 Å². The fourth-order valence-corrected chi connectivity index (χ4v) is 4.52. The molecule has 2 saturated heterocycles. The summed E-state index contributed by atoms with van der Waals surface area (Å²) in [5.41, 5.74) is 1.18. The van der Waals surface area contributed by atoms with Crippen LogP contribution in [0.2, 0.25) is 0 Å². The molecule has 3 fully saturated rings. The summed E-state index contributed by atoms with van der Waals surface area (Å²) in [6.45, 7) is 8.40. The van der Waals surface area contributed by atoms with Crippen LogP contribution >= 0.6 is 0 Å². The van der Waals surface area contributed by atoms with Crippen LogP contribution in [0.15, 0.2) is 22.7 Å². The molecule has 0 bridgehead atoms. The maximum Gasteiger partial charge on any atom is 0.204 e. The predicted molar refractivity (Wildman–Crippen MR) is 105 cm³/mol. The van der Waals surface area contributed by atoms with Gasteiger partial charge in [0.15, 0.2) is 5.58 Å². The summed E-state index contributed by atoms with van der Waals surface area (Å²) in [5, 5.41) is 13.4. The van der Waals surface area contributed by atoms with E-state index in [4.69, 9.17) is 14.4 Å². The van der Waals surface area contributed by atoms with Crippen LogP contribution in [0.5, 0.6) is 0 Å². The average Bonchev–Trinajstić information content (AvgIpc) is 3.05. The van der Waals surface area contributed by atoms with E-state index in [2.05, 4.69) is 15.2 Å². The van der Waals surface area contributed by atoms with Crippen molar-refractivity contribution in [2.24, 2.45) is 5.41 Å². The summed E-state index contributed by atoms with van der Waals surface area (Å²) in [6, 6.07) is 6.99. The van der Waals surface area contributed by atoms with Crippen LogP contribution in [0.3, 0.4) is 0 Å². The third-order valence-electron chi connectivity index (χ3n) is 5.97. The second-order valence-electron chi connectivity index (χ2n) is 7.88. The molecule has 0 aromatic carbocycles. The Morgan fingerprint density at radius 2 is 1.93 bits per heavy atom. The minimum atomic E-state index is 0.332. The quantitative estimate of drug-likeness (QED) is 0.889. The monoisotopic (exact) mass is 368 g/mol. The van der Waals surface area contributed by atoms with Gasteiger partial charge in [-0.25, -0.2) is 4.98 Å². The Labute approximate surface area is 160 Å². The smallest absolute Gasteiger partial charge is 0.204 e. The molecule has 6 heteroatoms. The fraction of sp³-hybridized carbons (Fsp3) is 0.619. The molecule has 1 spiro atoms. The summed E-state index contributed by atoms with van der Waals surface area (Å²) in [6.07, 6.45) is 6.56. The van der Waals surface area contributed by atoms with Crippen LogP contribution < -0.4 is 5.32 Å². The number of furan rings is 1. The summed E-state index contributed by atoms with van der Waals surface area (Å²) in [7, 11) is 0. The molecular formula is C21H28N4O2. The van der Waals surface area contributed by atoms with Gasteiger partial charge in [0.05, 0.1) is 19.4 Å². The molecule has 4 heterocycles. The van der Waals surface area contributed by atoms with E-state index in [0.717, 1.165) is 30.5 Å². The molecule has 144 valence electrons. The second kappa shape index (κ2) is 7.49. The zero-order valence-electron chi connectivity index (χ0n) is 16.2. The van der Waals surface area contributed by atoms with Gasteiger partial charge in [0, 0.05) is 42.0 Å². The third-order valence-corrected chi connectivity index (χ3v) is 5.97. The largest absolute Gasteiger partial charge is 0.444 e. The Bertz CT molecular complexity index is 820. The molecule has 1 aliphatic carbocycles. The van der Waals surface area contributed by atoms with Gasteiger partial charge in [-0.1, -0.05) is 13.8 Å². The van der Waals surface area contributed by atoms with E-state index < -0.39 is 0 Å². The number of nitriles is 1. The minimum Gasteiger partial charge on any atom is -0.444 e. The van der Waals surface area contributed by atoms with E-state index >= 15 is 0 Å². The number of hydrogen-bond donors (Lipinski definition) is 1. The molecule has 27 heavy (non-hydrogen) atoms. The number of likely N-dealkylation sites (tertiary alicyclic amines) is 1. The van der Waals surface area contributed by atoms with Crippen molar-refractivity contribution < 1.29 is 9.15 Å². The van der Waals surface area contributed by atoms with Crippen molar-refractivity contribution in [3.8, 4) is 6.07 Å². The van der Waals surface area contributed by atoms with Crippen molar-refractivity contribution in [1.29, 1.82) is 5.26 Å². The van der Waals surface area contributed by atoms with E-state index in [1.54, 1.807) is 12.3 Å². The molecule has 0 unspecified atom stereocenters. The number of rotatable bonds is 3. The van der Waals surface area contributed by atoms with Crippen molar-refractivity contribution in [2.75, 3.05) is 31.6 Å². The van der Waals surface area contributed by atoms with Crippen LogP contribution in [-0.2, 0) is 4.74 Å². The number of aromatic nitrogens is 1. The average molecular weight is 368 g/mol. The highest BCUT2D eigenvalue weighted by Gasteiger charge is 2.50. The highest BCUT2D eigenvalue weighted by Crippen LogP contribution is 2.41. The van der Waals surface area contributed by atoms with Crippen molar-refractivity contribution in [3.63, 3.8) is 0 Å². The maximum atomic E-state index is 8.92. The molecule has 0 atom stereocenters. The lowest BCUT2D eigenvalue weighted by atomic mass is 9.75. The van der Waals surface area contributed by atoms with Gasteiger partial charge in [-0.15, -0.1) is 0 Å². The van der Waals surface area contributed by atoms with E-state index in [-0.39, 0.29) is 0 Å². The molecule has 2 aliphatic heterocycles. The summed E-state index contributed by atoms with van der Waals surface area (Å²) in [5.74, 6) is 1.20. The third kappa shape index (κ3) is 3.54. The first kappa shape index (κ1) is 18.3. The van der Waals surface area contributed by atoms with Crippen LogP contribution in [0, 0.1) is 16.7 Å². The Balaban J connectivity index is 0.000000872. The zero-order valence-corrected chi connectivity index (χ0v) is 16.2. The number of fused-ring (bicyclic) bond motifs is 1. The molecular weight excluding hydrogens is 340 g/mol. The maximum absolute atomic E-state index is 8.92. The molecule has 5 rings (SSSR count). The van der Waals surface area contributed by atoms with Crippen molar-refractivity contribution in [1.82, 2.24) is 9.88 Å². The lowest BCUT2D eigenvalue weighted by Crippen LogP contribution is -2.68. The minimum absolute atomic E-state index is 0.332. The number of nitrogens with one attached hydrogen (secondary N) is 1. The number of nitrogens with zero attached hydrogens (tertiary/aromatic N) is 3. The Morgan fingerprint density at radius 3 is 2.56 bits per heavy atom. The molecule has 3 aliphatic rings. The van der Waals surface area contributed by atoms with Gasteiger partial charge >= 0.3 is 0 Å². The molecule has 1 saturated carbocycles. The number of ether oxygens (including phenoxy) is 1. The van der Waals surface area contributed by atoms with Gasteiger partial charge in [-0.3, -0.25) is 4.90 Å². The van der Waals surface area contributed by atoms with Gasteiger partial charge in [0.1, 0.15) is 11.9 Å². The van der Waals surface area contributed by atoms with Gasteiger partial charge in [0.2, 0.25) is 5.76 Å². The first-order valence-electron chi connectivity index (χ1n) is 10.1. The van der Waals surface area contributed by atoms with Crippen LogP contribution in [0.1, 0.15) is 45.3 Å². The van der Waals surface area contributed by atoms with Gasteiger partial charge in [-0.05, 0) is 31.7 Å². The van der Waals surface area contributed by atoms with Crippen LogP contribution in [-0.4, -0.2) is 48.3 Å². The lowest BCUT2D eigenvalue weighted by Gasteiger charge is -2.58. The van der Waals surface area contributed by atoms with Gasteiger partial charge in [-0.2, -0.15) is 5.26 Å². The Kier molecular flexibility index (Phi) is 5.07. The van der Waals surface area contributed by atoms with Crippen molar-refractivity contribution >= 4 is 16.8 Å². The molecule has 1 N–H and O–H groups in total. The number of anilines is 1. The predicted octanol–water partition coefficient (Wildman–Crippen LogP) is 3.78. The second-order valence-corrected chi connectivity index (χ2v) is 7.88. The summed E-state index contributed by atoms with van der Waals surface area (Å²) < 4.78 is 10.8. The first-order valence-corrected chi connectivity index (χ1v) is 10.1. The molecule has 2 aromatic rings. The topological polar surface area (TPSA) is 74.3 Å². The van der Waals surface area contributed by atoms with E-state index in [1.807, 2.05) is 26.0 Å². The molecule has 2 aromatic heterocycles. The molecule has 0 amide bonds. The number of pyridine rings is 1. The standard InChI is InChI=1S/C19H22N4O2.C2H6/c20-7-16-5-13-6-18(21-8-17(13)25-16)22-14-1-3-15(4-2-14)23-9-19(10-23)11-24-12-19;1-2/h5-6,8,14-15H,1-4,9-12H2,(H,21,22);1-2H3. The Hall–Kier alpha value is -2.10. The lowest BCUT2D eigenvalue weighted by molar-refractivity contribution is -0.200. The van der Waals surface area contributed by atoms with Crippen molar-refractivity contribution in [3.05, 3.63) is 24.1 Å². The zero-order chi connectivity index (χ0) is 18.9. The summed E-state index contributed by atoms with van der Waals surface area (Å²) >= 11 is 0. The normalized spacial score (nSPS) is 26.4. The fourth-order valence-electron chi connectivity index (χ4n) is 4.52. The highest BCUT2D eigenvalue weighted by molar-refractivity contribution is 5.80. The SMILES string of the molecule is CC.N#Cc1cc2cc(NC3CCC(N4CC5(COC5)C4)CC3)ncc2o1. The molecule has 6 nitrogen and oxygen atoms in total. The highest BCUT2D eigenvalue weighted by atomic mass is 16.5. The van der Waals surface area contributed by atoms with E-state index in [0.29, 0.717) is 22.8 Å². The first-order chi connectivity index (χ1) is 13.2. The van der Waals surface area contributed by atoms with Crippen molar-refractivity contribution in [2.45, 2.75) is 51.6 Å².